The Morgan fingerprint density at radius 2 is 1.95 bits per heavy atom. The Kier molecular flexibility index (Phi) is 5.44. The van der Waals surface area contributed by atoms with Crippen LogP contribution in [0.5, 0.6) is 11.5 Å². The number of hydrogen-bond donors (Lipinski definition) is 0. The van der Waals surface area contributed by atoms with Gasteiger partial charge in [-0.1, -0.05) is 12.1 Å². The van der Waals surface area contributed by atoms with E-state index in [9.17, 15) is 4.79 Å². The van der Waals surface area contributed by atoms with Gasteiger partial charge in [0.2, 0.25) is 5.91 Å². The number of amides is 1. The fourth-order valence-corrected chi connectivity index (χ4v) is 2.51. The van der Waals surface area contributed by atoms with Gasteiger partial charge < -0.3 is 14.4 Å². The van der Waals surface area contributed by atoms with Gasteiger partial charge in [-0.2, -0.15) is 0 Å². The Morgan fingerprint density at radius 1 is 1.29 bits per heavy atom. The molecule has 0 aliphatic carbocycles. The summed E-state index contributed by atoms with van der Waals surface area (Å²) in [5, 5.41) is 0. The molecule has 1 amide bonds. The number of likely N-dealkylation sites (N-methyl/N-ethyl adjacent to an activating group) is 2. The number of hydrogen-bond acceptors (Lipinski definition) is 4. The standard InChI is InChI=1S/C16H24N2O3/c1-4-20-14-7-5-6-8-15(14)21-12-11-17(2)13-9-10-18(3)16(13)19/h5-8,13H,4,9-12H2,1-3H3. The molecule has 0 spiro atoms. The zero-order valence-corrected chi connectivity index (χ0v) is 13.0. The maximum absolute atomic E-state index is 11.9. The molecule has 0 saturated carbocycles. The second-order valence-corrected chi connectivity index (χ2v) is 5.27. The van der Waals surface area contributed by atoms with Gasteiger partial charge in [0.25, 0.3) is 0 Å². The van der Waals surface area contributed by atoms with Gasteiger partial charge in [-0.25, -0.2) is 0 Å². The molecule has 1 aromatic rings. The summed E-state index contributed by atoms with van der Waals surface area (Å²) >= 11 is 0. The maximum atomic E-state index is 11.9. The maximum Gasteiger partial charge on any atom is 0.239 e. The number of rotatable bonds is 7. The van der Waals surface area contributed by atoms with Crippen LogP contribution in [0, 0.1) is 0 Å². The zero-order chi connectivity index (χ0) is 15.2. The molecule has 116 valence electrons. The first-order chi connectivity index (χ1) is 10.1. The third-order valence-electron chi connectivity index (χ3n) is 3.78. The predicted molar refractivity (Wildman–Crippen MR) is 81.8 cm³/mol. The molecule has 0 radical (unpaired) electrons. The molecule has 1 aliphatic heterocycles. The lowest BCUT2D eigenvalue weighted by Crippen LogP contribution is -2.40. The van der Waals surface area contributed by atoms with Crippen LogP contribution in [0.1, 0.15) is 13.3 Å². The van der Waals surface area contributed by atoms with Crippen molar-refractivity contribution < 1.29 is 14.3 Å². The minimum absolute atomic E-state index is 0.0132. The SMILES string of the molecule is CCOc1ccccc1OCCN(C)C1CCN(C)C1=O. The van der Waals surface area contributed by atoms with Crippen molar-refractivity contribution in [1.29, 1.82) is 0 Å². The van der Waals surface area contributed by atoms with E-state index in [0.29, 0.717) is 19.8 Å². The van der Waals surface area contributed by atoms with E-state index in [4.69, 9.17) is 9.47 Å². The molecule has 1 aliphatic rings. The average molecular weight is 292 g/mol. The first-order valence-electron chi connectivity index (χ1n) is 7.43. The minimum Gasteiger partial charge on any atom is -0.490 e. The molecule has 1 heterocycles. The molecule has 21 heavy (non-hydrogen) atoms. The van der Waals surface area contributed by atoms with Crippen molar-refractivity contribution >= 4 is 5.91 Å². The van der Waals surface area contributed by atoms with E-state index < -0.39 is 0 Å². The van der Waals surface area contributed by atoms with Gasteiger partial charge in [0.05, 0.1) is 12.6 Å². The molecular formula is C16H24N2O3. The lowest BCUT2D eigenvalue weighted by atomic mass is 10.2. The molecule has 2 rings (SSSR count). The summed E-state index contributed by atoms with van der Waals surface area (Å²) in [4.78, 5) is 15.8. The molecule has 1 aromatic carbocycles. The number of nitrogens with zero attached hydrogens (tertiary/aromatic N) is 2. The summed E-state index contributed by atoms with van der Waals surface area (Å²) in [5.41, 5.74) is 0. The van der Waals surface area contributed by atoms with Crippen molar-refractivity contribution in [3.05, 3.63) is 24.3 Å². The first kappa shape index (κ1) is 15.6. The van der Waals surface area contributed by atoms with E-state index in [1.165, 1.54) is 0 Å². The van der Waals surface area contributed by atoms with Gasteiger partial charge in [-0.15, -0.1) is 0 Å². The summed E-state index contributed by atoms with van der Waals surface area (Å²) in [6, 6.07) is 7.65. The second kappa shape index (κ2) is 7.31. The molecule has 1 fully saturated rings. The number of likely N-dealkylation sites (tertiary alicyclic amines) is 1. The van der Waals surface area contributed by atoms with Crippen LogP contribution in [0.4, 0.5) is 0 Å². The summed E-state index contributed by atoms with van der Waals surface area (Å²) in [6.45, 7) is 4.65. The predicted octanol–water partition coefficient (Wildman–Crippen LogP) is 1.63. The smallest absolute Gasteiger partial charge is 0.239 e. The van der Waals surface area contributed by atoms with Crippen molar-refractivity contribution in [1.82, 2.24) is 9.80 Å². The van der Waals surface area contributed by atoms with E-state index in [0.717, 1.165) is 24.5 Å². The van der Waals surface area contributed by atoms with Crippen molar-refractivity contribution in [3.63, 3.8) is 0 Å². The third kappa shape index (κ3) is 3.88. The lowest BCUT2D eigenvalue weighted by molar-refractivity contribution is -0.130. The number of ether oxygens (including phenoxy) is 2. The van der Waals surface area contributed by atoms with Gasteiger partial charge >= 0.3 is 0 Å². The van der Waals surface area contributed by atoms with Crippen LogP contribution in [-0.2, 0) is 4.79 Å². The van der Waals surface area contributed by atoms with Crippen LogP contribution in [0.3, 0.4) is 0 Å². The molecular weight excluding hydrogens is 268 g/mol. The molecule has 5 nitrogen and oxygen atoms in total. The molecule has 1 unspecified atom stereocenters. The number of para-hydroxylation sites is 2. The number of benzene rings is 1. The van der Waals surface area contributed by atoms with Gasteiger partial charge in [-0.3, -0.25) is 9.69 Å². The molecule has 0 bridgehead atoms. The summed E-state index contributed by atoms with van der Waals surface area (Å²) in [7, 11) is 3.82. The second-order valence-electron chi connectivity index (χ2n) is 5.27. The van der Waals surface area contributed by atoms with Crippen LogP contribution in [-0.4, -0.2) is 62.1 Å². The Labute approximate surface area is 126 Å². The fourth-order valence-electron chi connectivity index (χ4n) is 2.51. The topological polar surface area (TPSA) is 42.0 Å². The van der Waals surface area contributed by atoms with Crippen LogP contribution in [0.15, 0.2) is 24.3 Å². The van der Waals surface area contributed by atoms with Gasteiger partial charge in [0.15, 0.2) is 11.5 Å². The minimum atomic E-state index is -0.0132. The fraction of sp³-hybridized carbons (Fsp3) is 0.562. The molecule has 5 heteroatoms. The van der Waals surface area contributed by atoms with Gasteiger partial charge in [0, 0.05) is 20.1 Å². The Balaban J connectivity index is 1.83. The van der Waals surface area contributed by atoms with Gasteiger partial charge in [0.1, 0.15) is 6.61 Å². The third-order valence-corrected chi connectivity index (χ3v) is 3.78. The quantitative estimate of drug-likeness (QED) is 0.766. The Hall–Kier alpha value is -1.75. The van der Waals surface area contributed by atoms with Crippen molar-refractivity contribution in [2.24, 2.45) is 0 Å². The van der Waals surface area contributed by atoms with Crippen molar-refractivity contribution in [2.75, 3.05) is 40.4 Å². The first-order valence-corrected chi connectivity index (χ1v) is 7.43. The van der Waals surface area contributed by atoms with Crippen LogP contribution in [0.25, 0.3) is 0 Å². The monoisotopic (exact) mass is 292 g/mol. The largest absolute Gasteiger partial charge is 0.490 e. The van der Waals surface area contributed by atoms with E-state index in [-0.39, 0.29) is 11.9 Å². The van der Waals surface area contributed by atoms with E-state index in [1.807, 2.05) is 45.3 Å². The molecule has 0 aromatic heterocycles. The van der Waals surface area contributed by atoms with Crippen molar-refractivity contribution in [2.45, 2.75) is 19.4 Å². The van der Waals surface area contributed by atoms with Crippen molar-refractivity contribution in [3.8, 4) is 11.5 Å². The lowest BCUT2D eigenvalue weighted by Gasteiger charge is -2.23. The number of carbonyl (C=O) groups is 1. The van der Waals surface area contributed by atoms with E-state index in [1.54, 1.807) is 4.90 Å². The van der Waals surface area contributed by atoms with Crippen LogP contribution < -0.4 is 9.47 Å². The molecule has 1 atom stereocenters. The summed E-state index contributed by atoms with van der Waals surface area (Å²) in [6.07, 6.45) is 0.890. The van der Waals surface area contributed by atoms with Crippen LogP contribution >= 0.6 is 0 Å². The summed E-state index contributed by atoms with van der Waals surface area (Å²) < 4.78 is 11.3. The van der Waals surface area contributed by atoms with Gasteiger partial charge in [-0.05, 0) is 32.5 Å². The highest BCUT2D eigenvalue weighted by atomic mass is 16.5. The Morgan fingerprint density at radius 3 is 2.52 bits per heavy atom. The van der Waals surface area contributed by atoms with E-state index >= 15 is 0 Å². The zero-order valence-electron chi connectivity index (χ0n) is 13.0. The average Bonchev–Trinajstić information content (AvgIpc) is 2.81. The highest BCUT2D eigenvalue weighted by Crippen LogP contribution is 2.26. The highest BCUT2D eigenvalue weighted by molar-refractivity contribution is 5.83. The molecule has 1 saturated heterocycles. The Bertz CT molecular complexity index is 478. The van der Waals surface area contributed by atoms with Crippen LogP contribution in [0.2, 0.25) is 0 Å². The number of carbonyl (C=O) groups excluding carboxylic acids is 1. The van der Waals surface area contributed by atoms with E-state index in [2.05, 4.69) is 4.90 Å². The normalized spacial score (nSPS) is 18.4. The molecule has 0 N–H and O–H groups in total. The highest BCUT2D eigenvalue weighted by Gasteiger charge is 2.31. The summed E-state index contributed by atoms with van der Waals surface area (Å²) in [5.74, 6) is 1.72.